The molecule has 1 aromatic heterocycles. The van der Waals surface area contributed by atoms with Crippen LogP contribution in [0.3, 0.4) is 0 Å². The molecule has 0 aliphatic carbocycles. The first-order chi connectivity index (χ1) is 11.3. The lowest BCUT2D eigenvalue weighted by Gasteiger charge is -2.22. The van der Waals surface area contributed by atoms with Crippen molar-refractivity contribution < 1.29 is 17.6 Å². The molecule has 0 saturated heterocycles. The van der Waals surface area contributed by atoms with E-state index in [0.29, 0.717) is 18.7 Å². The van der Waals surface area contributed by atoms with Crippen LogP contribution in [0, 0.1) is 13.8 Å². The SMILES string of the molecule is Cc1cc(S(C)(=O)=O)cc(C(=O)N2CCCc3occc3C2)c1C. The van der Waals surface area contributed by atoms with Crippen molar-refractivity contribution in [3.63, 3.8) is 0 Å². The van der Waals surface area contributed by atoms with Gasteiger partial charge < -0.3 is 9.32 Å². The number of aryl methyl sites for hydroxylation is 2. The molecule has 6 heteroatoms. The predicted molar refractivity (Wildman–Crippen MR) is 90.8 cm³/mol. The van der Waals surface area contributed by atoms with Crippen molar-refractivity contribution in [3.8, 4) is 0 Å². The van der Waals surface area contributed by atoms with Crippen molar-refractivity contribution in [1.29, 1.82) is 0 Å². The number of hydrogen-bond donors (Lipinski definition) is 0. The Balaban J connectivity index is 1.99. The molecule has 2 heterocycles. The zero-order valence-corrected chi connectivity index (χ0v) is 14.9. The second kappa shape index (κ2) is 6.09. The maximum Gasteiger partial charge on any atom is 0.254 e. The molecule has 2 aromatic rings. The molecule has 24 heavy (non-hydrogen) atoms. The molecular weight excluding hydrogens is 326 g/mol. The van der Waals surface area contributed by atoms with Gasteiger partial charge in [0.1, 0.15) is 5.76 Å². The predicted octanol–water partition coefficient (Wildman–Crippen LogP) is 2.89. The zero-order chi connectivity index (χ0) is 17.5. The van der Waals surface area contributed by atoms with Gasteiger partial charge in [-0.05, 0) is 49.6 Å². The van der Waals surface area contributed by atoms with Crippen LogP contribution in [0.1, 0.15) is 39.2 Å². The van der Waals surface area contributed by atoms with Crippen LogP contribution in [0.2, 0.25) is 0 Å². The zero-order valence-electron chi connectivity index (χ0n) is 14.1. The van der Waals surface area contributed by atoms with E-state index >= 15 is 0 Å². The summed E-state index contributed by atoms with van der Waals surface area (Å²) in [5.74, 6) is 0.804. The lowest BCUT2D eigenvalue weighted by molar-refractivity contribution is 0.0745. The minimum Gasteiger partial charge on any atom is -0.469 e. The molecule has 0 bridgehead atoms. The van der Waals surface area contributed by atoms with E-state index in [9.17, 15) is 13.2 Å². The van der Waals surface area contributed by atoms with Crippen LogP contribution in [0.4, 0.5) is 0 Å². The van der Waals surface area contributed by atoms with Gasteiger partial charge >= 0.3 is 0 Å². The fourth-order valence-electron chi connectivity index (χ4n) is 3.05. The number of carbonyl (C=O) groups is 1. The Labute approximate surface area is 142 Å². The summed E-state index contributed by atoms with van der Waals surface area (Å²) < 4.78 is 29.2. The van der Waals surface area contributed by atoms with Crippen LogP contribution in [0.25, 0.3) is 0 Å². The molecule has 0 spiro atoms. The van der Waals surface area contributed by atoms with E-state index in [2.05, 4.69) is 0 Å². The van der Waals surface area contributed by atoms with Crippen LogP contribution < -0.4 is 0 Å². The summed E-state index contributed by atoms with van der Waals surface area (Å²) in [5.41, 5.74) is 3.11. The summed E-state index contributed by atoms with van der Waals surface area (Å²) in [6.45, 7) is 4.81. The summed E-state index contributed by atoms with van der Waals surface area (Å²) in [7, 11) is -3.36. The quantitative estimate of drug-likeness (QED) is 0.838. The Morgan fingerprint density at radius 1 is 1.25 bits per heavy atom. The molecule has 128 valence electrons. The van der Waals surface area contributed by atoms with E-state index < -0.39 is 9.84 Å². The molecule has 1 amide bonds. The Morgan fingerprint density at radius 3 is 2.71 bits per heavy atom. The third-order valence-electron chi connectivity index (χ3n) is 4.62. The molecule has 3 rings (SSSR count). The summed E-state index contributed by atoms with van der Waals surface area (Å²) in [5, 5.41) is 0. The van der Waals surface area contributed by atoms with Gasteiger partial charge in [-0.2, -0.15) is 0 Å². The van der Waals surface area contributed by atoms with Crippen LogP contribution >= 0.6 is 0 Å². The highest BCUT2D eigenvalue weighted by Crippen LogP contribution is 2.25. The van der Waals surface area contributed by atoms with Crippen molar-refractivity contribution in [2.45, 2.75) is 38.1 Å². The lowest BCUT2D eigenvalue weighted by Crippen LogP contribution is -2.31. The number of nitrogens with zero attached hydrogens (tertiary/aromatic N) is 1. The average Bonchev–Trinajstić information content (AvgIpc) is 2.85. The fraction of sp³-hybridized carbons (Fsp3) is 0.389. The van der Waals surface area contributed by atoms with Gasteiger partial charge in [-0.25, -0.2) is 8.42 Å². The first-order valence-corrected chi connectivity index (χ1v) is 9.82. The number of fused-ring (bicyclic) bond motifs is 1. The molecule has 1 aliphatic heterocycles. The van der Waals surface area contributed by atoms with E-state index in [4.69, 9.17) is 4.42 Å². The number of rotatable bonds is 2. The van der Waals surface area contributed by atoms with Crippen molar-refractivity contribution in [2.75, 3.05) is 12.8 Å². The second-order valence-electron chi connectivity index (χ2n) is 6.38. The molecule has 0 saturated carbocycles. The highest BCUT2D eigenvalue weighted by Gasteiger charge is 2.24. The number of carbonyl (C=O) groups excluding carboxylic acids is 1. The molecule has 0 radical (unpaired) electrons. The highest BCUT2D eigenvalue weighted by atomic mass is 32.2. The van der Waals surface area contributed by atoms with Crippen LogP contribution in [-0.4, -0.2) is 32.0 Å². The Bertz CT molecular complexity index is 896. The van der Waals surface area contributed by atoms with Gasteiger partial charge in [0, 0.05) is 36.9 Å². The molecule has 0 atom stereocenters. The summed E-state index contributed by atoms with van der Waals surface area (Å²) in [6.07, 6.45) is 4.46. The van der Waals surface area contributed by atoms with Crippen molar-refractivity contribution in [3.05, 3.63) is 52.5 Å². The Morgan fingerprint density at radius 2 is 2.00 bits per heavy atom. The smallest absolute Gasteiger partial charge is 0.254 e. The minimum atomic E-state index is -3.36. The Kier molecular flexibility index (Phi) is 4.25. The van der Waals surface area contributed by atoms with E-state index in [1.807, 2.05) is 19.9 Å². The molecular formula is C18H21NO4S. The van der Waals surface area contributed by atoms with Gasteiger partial charge in [0.2, 0.25) is 0 Å². The van der Waals surface area contributed by atoms with Gasteiger partial charge in [-0.3, -0.25) is 4.79 Å². The van der Waals surface area contributed by atoms with Gasteiger partial charge in [0.05, 0.1) is 11.2 Å². The van der Waals surface area contributed by atoms with E-state index in [-0.39, 0.29) is 10.8 Å². The van der Waals surface area contributed by atoms with Crippen molar-refractivity contribution in [2.24, 2.45) is 0 Å². The molecule has 0 unspecified atom stereocenters. The number of benzene rings is 1. The van der Waals surface area contributed by atoms with Gasteiger partial charge in [-0.15, -0.1) is 0 Å². The highest BCUT2D eigenvalue weighted by molar-refractivity contribution is 7.90. The third kappa shape index (κ3) is 3.11. The molecule has 1 aliphatic rings. The monoisotopic (exact) mass is 347 g/mol. The van der Waals surface area contributed by atoms with Gasteiger partial charge in [0.25, 0.3) is 5.91 Å². The number of sulfone groups is 1. The second-order valence-corrected chi connectivity index (χ2v) is 8.40. The molecule has 1 aromatic carbocycles. The largest absolute Gasteiger partial charge is 0.469 e. The van der Waals surface area contributed by atoms with Crippen molar-refractivity contribution >= 4 is 15.7 Å². The van der Waals surface area contributed by atoms with Crippen molar-refractivity contribution in [1.82, 2.24) is 4.90 Å². The fourth-order valence-corrected chi connectivity index (χ4v) is 3.77. The van der Waals surface area contributed by atoms with Crippen LogP contribution in [0.5, 0.6) is 0 Å². The molecule has 5 nitrogen and oxygen atoms in total. The molecule has 0 fully saturated rings. The standard InChI is InChI=1S/C18H21NO4S/c1-12-9-15(24(3,21)22)10-16(13(12)2)18(20)19-7-4-5-17-14(11-19)6-8-23-17/h6,8-10H,4-5,7,11H2,1-3H3. The first-order valence-electron chi connectivity index (χ1n) is 7.93. The van der Waals surface area contributed by atoms with Gasteiger partial charge in [0.15, 0.2) is 9.84 Å². The summed E-state index contributed by atoms with van der Waals surface area (Å²) in [6, 6.07) is 5.02. The van der Waals surface area contributed by atoms with E-state index in [1.54, 1.807) is 17.2 Å². The summed E-state index contributed by atoms with van der Waals surface area (Å²) >= 11 is 0. The normalized spacial score (nSPS) is 15.0. The maximum atomic E-state index is 13.0. The minimum absolute atomic E-state index is 0.129. The number of amides is 1. The number of hydrogen-bond acceptors (Lipinski definition) is 4. The van der Waals surface area contributed by atoms with Crippen LogP contribution in [0.15, 0.2) is 33.8 Å². The summed E-state index contributed by atoms with van der Waals surface area (Å²) in [4.78, 5) is 15.0. The van der Waals surface area contributed by atoms with Crippen LogP contribution in [-0.2, 0) is 22.8 Å². The number of furan rings is 1. The van der Waals surface area contributed by atoms with E-state index in [1.165, 1.54) is 6.07 Å². The third-order valence-corrected chi connectivity index (χ3v) is 5.71. The average molecular weight is 347 g/mol. The topological polar surface area (TPSA) is 67.6 Å². The lowest BCUT2D eigenvalue weighted by atomic mass is 10.0. The van der Waals surface area contributed by atoms with Gasteiger partial charge in [-0.1, -0.05) is 0 Å². The molecule has 0 N–H and O–H groups in total. The van der Waals surface area contributed by atoms with E-state index in [0.717, 1.165) is 41.5 Å². The first kappa shape index (κ1) is 16.8. The maximum absolute atomic E-state index is 13.0. The Hall–Kier alpha value is -2.08.